The maximum Gasteiger partial charge on any atom is 0.345 e. The first kappa shape index (κ1) is 12.8. The Balaban J connectivity index is 3.15. The molecule has 90 valence electrons. The zero-order valence-electron chi connectivity index (χ0n) is 9.52. The van der Waals surface area contributed by atoms with Crippen molar-refractivity contribution in [3.8, 4) is 11.5 Å². The van der Waals surface area contributed by atoms with Crippen LogP contribution in [0, 0.1) is 0 Å². The first-order valence-corrected chi connectivity index (χ1v) is 4.75. The van der Waals surface area contributed by atoms with Crippen LogP contribution in [0.3, 0.4) is 0 Å². The third-order valence-corrected chi connectivity index (χ3v) is 1.94. The fraction of sp³-hybridized carbons (Fsp3) is 0.167. The number of ether oxygens (including phenoxy) is 2. The summed E-state index contributed by atoms with van der Waals surface area (Å²) < 4.78 is 9.40. The van der Waals surface area contributed by atoms with Crippen molar-refractivity contribution in [2.24, 2.45) is 0 Å². The minimum atomic E-state index is -0.785. The van der Waals surface area contributed by atoms with E-state index in [1.807, 2.05) is 0 Å². The molecule has 5 heteroatoms. The normalized spacial score (nSPS) is 9.53. The van der Waals surface area contributed by atoms with Crippen LogP contribution in [0.5, 0.6) is 11.5 Å². The number of hydrogen-bond acceptors (Lipinski definition) is 5. The van der Waals surface area contributed by atoms with E-state index in [0.717, 1.165) is 0 Å². The van der Waals surface area contributed by atoms with Crippen molar-refractivity contribution in [2.45, 2.75) is 6.92 Å². The van der Waals surface area contributed by atoms with Gasteiger partial charge in [0.1, 0.15) is 17.1 Å². The average molecular weight is 236 g/mol. The van der Waals surface area contributed by atoms with E-state index in [4.69, 9.17) is 4.74 Å². The number of aromatic hydroxyl groups is 1. The number of rotatable bonds is 3. The van der Waals surface area contributed by atoms with Crippen LogP contribution in [0.1, 0.15) is 17.3 Å². The molecule has 0 aromatic heterocycles. The van der Waals surface area contributed by atoms with Crippen molar-refractivity contribution >= 4 is 11.9 Å². The molecular formula is C12H12O5. The third kappa shape index (κ3) is 2.84. The second-order valence-electron chi connectivity index (χ2n) is 3.31. The van der Waals surface area contributed by atoms with Crippen molar-refractivity contribution in [3.63, 3.8) is 0 Å². The molecule has 0 bridgehead atoms. The Morgan fingerprint density at radius 1 is 1.35 bits per heavy atom. The standard InChI is InChI=1S/C12H12O5/c1-7(2)11(14)17-9-6-4-5-8(13)10(9)12(15)16-3/h4-6,13H,1H2,2-3H3. The van der Waals surface area contributed by atoms with Gasteiger partial charge in [-0.05, 0) is 19.1 Å². The summed E-state index contributed by atoms with van der Waals surface area (Å²) in [5.41, 5.74) is -0.00578. The lowest BCUT2D eigenvalue weighted by atomic mass is 10.2. The Bertz CT molecular complexity index is 476. The predicted molar refractivity (Wildman–Crippen MR) is 59.9 cm³/mol. The van der Waals surface area contributed by atoms with E-state index in [2.05, 4.69) is 11.3 Å². The quantitative estimate of drug-likeness (QED) is 0.491. The lowest BCUT2D eigenvalue weighted by Crippen LogP contribution is -2.12. The van der Waals surface area contributed by atoms with Gasteiger partial charge in [0.05, 0.1) is 7.11 Å². The van der Waals surface area contributed by atoms with E-state index in [-0.39, 0.29) is 22.6 Å². The number of hydrogen-bond donors (Lipinski definition) is 1. The summed E-state index contributed by atoms with van der Waals surface area (Å²) >= 11 is 0. The van der Waals surface area contributed by atoms with Crippen molar-refractivity contribution in [1.29, 1.82) is 0 Å². The van der Waals surface area contributed by atoms with Crippen molar-refractivity contribution < 1.29 is 24.2 Å². The van der Waals surface area contributed by atoms with Crippen LogP contribution in [-0.4, -0.2) is 24.2 Å². The highest BCUT2D eigenvalue weighted by atomic mass is 16.5. The second-order valence-corrected chi connectivity index (χ2v) is 3.31. The maximum absolute atomic E-state index is 11.4. The molecule has 5 nitrogen and oxygen atoms in total. The molecule has 1 aromatic carbocycles. The minimum Gasteiger partial charge on any atom is -0.507 e. The Labute approximate surface area is 98.3 Å². The summed E-state index contributed by atoms with van der Waals surface area (Å²) in [6, 6.07) is 4.12. The number of benzene rings is 1. The van der Waals surface area contributed by atoms with E-state index in [1.165, 1.54) is 32.2 Å². The number of esters is 2. The fourth-order valence-corrected chi connectivity index (χ4v) is 1.10. The number of methoxy groups -OCH3 is 1. The average Bonchev–Trinajstić information content (AvgIpc) is 2.28. The number of carbonyl (C=O) groups is 2. The van der Waals surface area contributed by atoms with Crippen LogP contribution in [0.15, 0.2) is 30.4 Å². The lowest BCUT2D eigenvalue weighted by molar-refractivity contribution is -0.130. The number of carbonyl (C=O) groups excluding carboxylic acids is 2. The van der Waals surface area contributed by atoms with Gasteiger partial charge in [0.25, 0.3) is 0 Å². The van der Waals surface area contributed by atoms with Crippen LogP contribution in [-0.2, 0) is 9.53 Å². The van der Waals surface area contributed by atoms with Crippen LogP contribution in [0.25, 0.3) is 0 Å². The summed E-state index contributed by atoms with van der Waals surface area (Å²) in [7, 11) is 1.17. The van der Waals surface area contributed by atoms with Gasteiger partial charge in [-0.15, -0.1) is 0 Å². The Morgan fingerprint density at radius 2 is 2.00 bits per heavy atom. The van der Waals surface area contributed by atoms with E-state index in [9.17, 15) is 14.7 Å². The van der Waals surface area contributed by atoms with Crippen molar-refractivity contribution in [3.05, 3.63) is 35.9 Å². The molecule has 1 rings (SSSR count). The van der Waals surface area contributed by atoms with Crippen LogP contribution in [0.4, 0.5) is 0 Å². The van der Waals surface area contributed by atoms with E-state index in [1.54, 1.807) is 0 Å². The molecule has 0 spiro atoms. The Hall–Kier alpha value is -2.30. The molecule has 0 radical (unpaired) electrons. The molecule has 0 aliphatic heterocycles. The SMILES string of the molecule is C=C(C)C(=O)Oc1cccc(O)c1C(=O)OC. The molecule has 1 aromatic rings. The number of phenols is 1. The molecule has 0 heterocycles. The third-order valence-electron chi connectivity index (χ3n) is 1.94. The molecule has 0 saturated heterocycles. The molecule has 0 atom stereocenters. The highest BCUT2D eigenvalue weighted by Crippen LogP contribution is 2.28. The highest BCUT2D eigenvalue weighted by Gasteiger charge is 2.20. The van der Waals surface area contributed by atoms with Gasteiger partial charge in [-0.3, -0.25) is 0 Å². The summed E-state index contributed by atoms with van der Waals surface area (Å²) in [5, 5.41) is 9.53. The summed E-state index contributed by atoms with van der Waals surface area (Å²) in [6.07, 6.45) is 0. The molecular weight excluding hydrogens is 224 g/mol. The monoisotopic (exact) mass is 236 g/mol. The van der Waals surface area contributed by atoms with Gasteiger partial charge in [-0.1, -0.05) is 12.6 Å². The van der Waals surface area contributed by atoms with Gasteiger partial charge in [-0.2, -0.15) is 0 Å². The fourth-order valence-electron chi connectivity index (χ4n) is 1.10. The molecule has 0 aliphatic rings. The summed E-state index contributed by atoms with van der Waals surface area (Å²) in [4.78, 5) is 22.7. The van der Waals surface area contributed by atoms with E-state index >= 15 is 0 Å². The predicted octanol–water partition coefficient (Wildman–Crippen LogP) is 1.66. The highest BCUT2D eigenvalue weighted by molar-refractivity contribution is 5.97. The minimum absolute atomic E-state index is 0.0650. The lowest BCUT2D eigenvalue weighted by Gasteiger charge is -2.09. The summed E-state index contributed by atoms with van der Waals surface area (Å²) in [5.74, 6) is -1.85. The van der Waals surface area contributed by atoms with Gasteiger partial charge >= 0.3 is 11.9 Å². The molecule has 0 fully saturated rings. The zero-order chi connectivity index (χ0) is 13.0. The molecule has 0 aliphatic carbocycles. The van der Waals surface area contributed by atoms with Crippen LogP contribution in [0.2, 0.25) is 0 Å². The van der Waals surface area contributed by atoms with Crippen LogP contribution < -0.4 is 4.74 Å². The first-order valence-electron chi connectivity index (χ1n) is 4.75. The zero-order valence-corrected chi connectivity index (χ0v) is 9.52. The second kappa shape index (κ2) is 5.16. The van der Waals surface area contributed by atoms with Crippen molar-refractivity contribution in [2.75, 3.05) is 7.11 Å². The van der Waals surface area contributed by atoms with Gasteiger partial charge in [0, 0.05) is 5.57 Å². The topological polar surface area (TPSA) is 72.8 Å². The Morgan fingerprint density at radius 3 is 2.53 bits per heavy atom. The largest absolute Gasteiger partial charge is 0.507 e. The Kier molecular flexibility index (Phi) is 3.87. The molecule has 17 heavy (non-hydrogen) atoms. The first-order chi connectivity index (χ1) is 7.97. The molecule has 0 unspecified atom stereocenters. The van der Waals surface area contributed by atoms with E-state index in [0.29, 0.717) is 0 Å². The van der Waals surface area contributed by atoms with E-state index < -0.39 is 11.9 Å². The van der Waals surface area contributed by atoms with Gasteiger partial charge in [0.2, 0.25) is 0 Å². The van der Waals surface area contributed by atoms with Gasteiger partial charge in [0.15, 0.2) is 0 Å². The van der Waals surface area contributed by atoms with Gasteiger partial charge in [-0.25, -0.2) is 9.59 Å². The van der Waals surface area contributed by atoms with Gasteiger partial charge < -0.3 is 14.6 Å². The smallest absolute Gasteiger partial charge is 0.345 e. The maximum atomic E-state index is 11.4. The van der Waals surface area contributed by atoms with Crippen molar-refractivity contribution in [1.82, 2.24) is 0 Å². The number of phenolic OH excluding ortho intramolecular Hbond substituents is 1. The summed E-state index contributed by atoms with van der Waals surface area (Å²) in [6.45, 7) is 4.89. The molecule has 0 amide bonds. The molecule has 0 saturated carbocycles. The van der Waals surface area contributed by atoms with Crippen LogP contribution >= 0.6 is 0 Å². The molecule has 1 N–H and O–H groups in total.